The minimum Gasteiger partial charge on any atom is -0.326 e. The number of nitrogens with one attached hydrogen (secondary N) is 2. The monoisotopic (exact) mass is 289 g/mol. The van der Waals surface area contributed by atoms with E-state index in [1.807, 2.05) is 31.2 Å². The smallest absolute Gasteiger partial charge is 0.226 e. The van der Waals surface area contributed by atoms with Gasteiger partial charge in [-0.2, -0.15) is 0 Å². The quantitative estimate of drug-likeness (QED) is 0.889. The van der Waals surface area contributed by atoms with Crippen LogP contribution in [0.2, 0.25) is 0 Å². The minimum atomic E-state index is -0.209. The van der Waals surface area contributed by atoms with Gasteiger partial charge in [-0.3, -0.25) is 9.59 Å². The van der Waals surface area contributed by atoms with Crippen LogP contribution in [0.3, 0.4) is 0 Å². The summed E-state index contributed by atoms with van der Waals surface area (Å²) in [7, 11) is 0. The van der Waals surface area contributed by atoms with Gasteiger partial charge in [-0.15, -0.1) is 11.3 Å². The third-order valence-corrected chi connectivity index (χ3v) is 3.28. The van der Waals surface area contributed by atoms with Crippen LogP contribution in [0.1, 0.15) is 18.4 Å². The molecule has 2 N–H and O–H groups in total. The number of hydrogen-bond donors (Lipinski definition) is 2. The molecule has 6 heteroatoms. The first-order chi connectivity index (χ1) is 9.63. The van der Waals surface area contributed by atoms with E-state index < -0.39 is 0 Å². The molecule has 0 saturated heterocycles. The summed E-state index contributed by atoms with van der Waals surface area (Å²) in [5.74, 6) is -0.387. The molecular formula is C14H15N3O2S. The Balaban J connectivity index is 1.74. The molecule has 0 aliphatic heterocycles. The number of amides is 2. The van der Waals surface area contributed by atoms with Crippen LogP contribution < -0.4 is 10.6 Å². The predicted molar refractivity (Wildman–Crippen MR) is 79.8 cm³/mol. The first-order valence-corrected chi connectivity index (χ1v) is 7.07. The first-order valence-electron chi connectivity index (χ1n) is 6.19. The Kier molecular flexibility index (Phi) is 4.84. The van der Waals surface area contributed by atoms with Crippen molar-refractivity contribution < 1.29 is 9.59 Å². The van der Waals surface area contributed by atoms with Crippen LogP contribution in [0.5, 0.6) is 0 Å². The summed E-state index contributed by atoms with van der Waals surface area (Å²) in [6, 6.07) is 7.52. The standard InChI is InChI=1S/C14H15N3O2S/c1-10-2-4-11(5-3-10)16-12(18)6-7-13(19)17-14-15-8-9-20-14/h2-5,8-9H,6-7H2,1H3,(H,16,18)(H,15,17,19). The minimum absolute atomic E-state index is 0.136. The maximum absolute atomic E-state index is 11.7. The summed E-state index contributed by atoms with van der Waals surface area (Å²) in [6.45, 7) is 1.98. The Bertz CT molecular complexity index is 579. The predicted octanol–water partition coefficient (Wildman–Crippen LogP) is 2.81. The Morgan fingerprint density at radius 1 is 1.10 bits per heavy atom. The third kappa shape index (κ3) is 4.47. The van der Waals surface area contributed by atoms with Gasteiger partial charge in [0.1, 0.15) is 0 Å². The van der Waals surface area contributed by atoms with Crippen LogP contribution in [0, 0.1) is 6.92 Å². The highest BCUT2D eigenvalue weighted by molar-refractivity contribution is 7.13. The molecule has 104 valence electrons. The van der Waals surface area contributed by atoms with Crippen molar-refractivity contribution in [2.45, 2.75) is 19.8 Å². The summed E-state index contributed by atoms with van der Waals surface area (Å²) in [4.78, 5) is 27.2. The number of aromatic nitrogens is 1. The average molecular weight is 289 g/mol. The van der Waals surface area contributed by atoms with Crippen LogP contribution in [0.4, 0.5) is 10.8 Å². The second-order valence-electron chi connectivity index (χ2n) is 4.30. The van der Waals surface area contributed by atoms with Crippen LogP contribution >= 0.6 is 11.3 Å². The highest BCUT2D eigenvalue weighted by atomic mass is 32.1. The van der Waals surface area contributed by atoms with E-state index >= 15 is 0 Å². The first kappa shape index (κ1) is 14.2. The molecule has 0 spiro atoms. The second kappa shape index (κ2) is 6.81. The number of thiazole rings is 1. The van der Waals surface area contributed by atoms with Crippen molar-refractivity contribution in [1.29, 1.82) is 0 Å². The molecule has 0 aliphatic rings. The molecule has 0 fully saturated rings. The molecule has 0 saturated carbocycles. The van der Waals surface area contributed by atoms with E-state index in [4.69, 9.17) is 0 Å². The Morgan fingerprint density at radius 3 is 2.35 bits per heavy atom. The molecule has 1 aromatic carbocycles. The van der Waals surface area contributed by atoms with Gasteiger partial charge in [0.2, 0.25) is 11.8 Å². The molecule has 0 aliphatic carbocycles. The van der Waals surface area contributed by atoms with E-state index in [1.165, 1.54) is 11.3 Å². The third-order valence-electron chi connectivity index (χ3n) is 2.59. The second-order valence-corrected chi connectivity index (χ2v) is 5.19. The number of rotatable bonds is 5. The fourth-order valence-corrected chi connectivity index (χ4v) is 2.10. The Hall–Kier alpha value is -2.21. The molecule has 5 nitrogen and oxygen atoms in total. The number of anilines is 2. The summed E-state index contributed by atoms with van der Waals surface area (Å²) in [5.41, 5.74) is 1.87. The normalized spacial score (nSPS) is 10.1. The summed E-state index contributed by atoms with van der Waals surface area (Å²) in [6.07, 6.45) is 1.90. The summed E-state index contributed by atoms with van der Waals surface area (Å²) < 4.78 is 0. The van der Waals surface area contributed by atoms with E-state index in [1.54, 1.807) is 11.6 Å². The molecule has 0 radical (unpaired) electrons. The van der Waals surface area contributed by atoms with E-state index in [-0.39, 0.29) is 24.7 Å². The number of carbonyl (C=O) groups is 2. The van der Waals surface area contributed by atoms with E-state index in [2.05, 4.69) is 15.6 Å². The topological polar surface area (TPSA) is 71.1 Å². The van der Waals surface area contributed by atoms with Gasteiger partial charge in [-0.1, -0.05) is 17.7 Å². The lowest BCUT2D eigenvalue weighted by Crippen LogP contribution is -2.17. The van der Waals surface area contributed by atoms with Crippen molar-refractivity contribution in [2.24, 2.45) is 0 Å². The highest BCUT2D eigenvalue weighted by Gasteiger charge is 2.08. The molecule has 2 aromatic rings. The van der Waals surface area contributed by atoms with Crippen molar-refractivity contribution >= 4 is 34.0 Å². The van der Waals surface area contributed by atoms with E-state index in [0.717, 1.165) is 11.3 Å². The number of hydrogen-bond acceptors (Lipinski definition) is 4. The van der Waals surface area contributed by atoms with Gasteiger partial charge in [0.15, 0.2) is 5.13 Å². The number of nitrogens with zero attached hydrogens (tertiary/aromatic N) is 1. The van der Waals surface area contributed by atoms with Crippen molar-refractivity contribution in [3.8, 4) is 0 Å². The van der Waals surface area contributed by atoms with Crippen molar-refractivity contribution in [2.75, 3.05) is 10.6 Å². The van der Waals surface area contributed by atoms with Gasteiger partial charge in [-0.05, 0) is 19.1 Å². The van der Waals surface area contributed by atoms with Gasteiger partial charge in [-0.25, -0.2) is 4.98 Å². The maximum atomic E-state index is 11.7. The molecule has 0 bridgehead atoms. The zero-order valence-corrected chi connectivity index (χ0v) is 11.9. The molecule has 20 heavy (non-hydrogen) atoms. The van der Waals surface area contributed by atoms with Crippen molar-refractivity contribution in [1.82, 2.24) is 4.98 Å². The van der Waals surface area contributed by atoms with Crippen LogP contribution in [-0.4, -0.2) is 16.8 Å². The van der Waals surface area contributed by atoms with Crippen molar-refractivity contribution in [3.63, 3.8) is 0 Å². The Morgan fingerprint density at radius 2 is 1.75 bits per heavy atom. The number of benzene rings is 1. The molecule has 0 unspecified atom stereocenters. The van der Waals surface area contributed by atoms with E-state index in [9.17, 15) is 9.59 Å². The lowest BCUT2D eigenvalue weighted by molar-refractivity contribution is -0.121. The molecular weight excluding hydrogens is 274 g/mol. The van der Waals surface area contributed by atoms with Gasteiger partial charge in [0, 0.05) is 30.1 Å². The highest BCUT2D eigenvalue weighted by Crippen LogP contribution is 2.12. The molecule has 0 atom stereocenters. The SMILES string of the molecule is Cc1ccc(NC(=O)CCC(=O)Nc2nccs2)cc1. The van der Waals surface area contributed by atoms with Crippen LogP contribution in [0.15, 0.2) is 35.8 Å². The van der Waals surface area contributed by atoms with Gasteiger partial charge >= 0.3 is 0 Å². The van der Waals surface area contributed by atoms with E-state index in [0.29, 0.717) is 5.13 Å². The number of carbonyl (C=O) groups excluding carboxylic acids is 2. The molecule has 1 aromatic heterocycles. The Labute approximate surface area is 121 Å². The average Bonchev–Trinajstić information content (AvgIpc) is 2.92. The van der Waals surface area contributed by atoms with Gasteiger partial charge in [0.05, 0.1) is 0 Å². The number of aryl methyl sites for hydroxylation is 1. The lowest BCUT2D eigenvalue weighted by Gasteiger charge is -2.05. The zero-order valence-electron chi connectivity index (χ0n) is 11.1. The zero-order chi connectivity index (χ0) is 14.4. The van der Waals surface area contributed by atoms with Gasteiger partial charge in [0.25, 0.3) is 0 Å². The van der Waals surface area contributed by atoms with Gasteiger partial charge < -0.3 is 10.6 Å². The fraction of sp³-hybridized carbons (Fsp3) is 0.214. The molecule has 2 rings (SSSR count). The lowest BCUT2D eigenvalue weighted by atomic mass is 10.2. The fourth-order valence-electron chi connectivity index (χ4n) is 1.55. The summed E-state index contributed by atoms with van der Waals surface area (Å²) in [5, 5.41) is 7.72. The van der Waals surface area contributed by atoms with Crippen LogP contribution in [0.25, 0.3) is 0 Å². The molecule has 2 amide bonds. The summed E-state index contributed by atoms with van der Waals surface area (Å²) >= 11 is 1.35. The van der Waals surface area contributed by atoms with Crippen LogP contribution in [-0.2, 0) is 9.59 Å². The molecule has 1 heterocycles. The van der Waals surface area contributed by atoms with Crippen molar-refractivity contribution in [3.05, 3.63) is 41.4 Å². The maximum Gasteiger partial charge on any atom is 0.226 e. The largest absolute Gasteiger partial charge is 0.326 e.